The normalized spacial score (nSPS) is 14.9. The van der Waals surface area contributed by atoms with Gasteiger partial charge in [-0.2, -0.15) is 5.26 Å². The third-order valence-electron chi connectivity index (χ3n) is 2.99. The van der Waals surface area contributed by atoms with Crippen LogP contribution in [0.1, 0.15) is 40.5 Å². The smallest absolute Gasteiger partial charge is 0.329 e. The van der Waals surface area contributed by atoms with Crippen LogP contribution in [0.4, 0.5) is 4.79 Å². The first-order valence-corrected chi connectivity index (χ1v) is 6.50. The van der Waals surface area contributed by atoms with Gasteiger partial charge in [0, 0.05) is 13.1 Å². The fraction of sp³-hybridized carbons (Fsp3) is 0.769. The van der Waals surface area contributed by atoms with Crippen molar-refractivity contribution in [3.8, 4) is 6.07 Å². The fourth-order valence-corrected chi connectivity index (χ4v) is 1.76. The molecule has 0 aromatic carbocycles. The number of rotatable bonds is 7. The second kappa shape index (κ2) is 7.62. The van der Waals surface area contributed by atoms with Gasteiger partial charge in [0.2, 0.25) is 0 Å². The predicted molar refractivity (Wildman–Crippen MR) is 71.5 cm³/mol. The lowest BCUT2D eigenvalue weighted by atomic mass is 9.96. The first-order valence-electron chi connectivity index (χ1n) is 6.50. The van der Waals surface area contributed by atoms with Crippen LogP contribution in [0, 0.1) is 17.2 Å². The number of urea groups is 1. The molecule has 0 aliphatic rings. The first-order chi connectivity index (χ1) is 8.80. The molecule has 0 rings (SSSR count). The summed E-state index contributed by atoms with van der Waals surface area (Å²) in [6.07, 6.45) is 1.02. The molecule has 108 valence electrons. The number of hydrogen-bond acceptors (Lipinski definition) is 3. The van der Waals surface area contributed by atoms with Gasteiger partial charge in [0.15, 0.2) is 0 Å². The quantitative estimate of drug-likeness (QED) is 0.737. The van der Waals surface area contributed by atoms with Gasteiger partial charge in [-0.1, -0.05) is 13.3 Å². The minimum absolute atomic E-state index is 0.284. The molecule has 0 radical (unpaired) electrons. The number of aliphatic carboxylic acids is 1. The molecular weight excluding hydrogens is 246 g/mol. The van der Waals surface area contributed by atoms with Crippen LogP contribution in [0.15, 0.2) is 0 Å². The van der Waals surface area contributed by atoms with Crippen molar-refractivity contribution >= 4 is 12.0 Å². The first kappa shape index (κ1) is 17.2. The molecule has 0 aliphatic heterocycles. The van der Waals surface area contributed by atoms with Crippen molar-refractivity contribution in [1.29, 1.82) is 5.26 Å². The SMILES string of the molecule is CCCC(C)(NC(=O)N(CC)CC(C)C#N)C(=O)O. The highest BCUT2D eigenvalue weighted by Crippen LogP contribution is 2.13. The van der Waals surface area contributed by atoms with Gasteiger partial charge in [0.1, 0.15) is 5.54 Å². The molecule has 19 heavy (non-hydrogen) atoms. The monoisotopic (exact) mass is 269 g/mol. The van der Waals surface area contributed by atoms with Crippen molar-refractivity contribution in [1.82, 2.24) is 10.2 Å². The van der Waals surface area contributed by atoms with E-state index in [9.17, 15) is 14.7 Å². The Bertz CT molecular complexity index is 365. The lowest BCUT2D eigenvalue weighted by molar-refractivity contribution is -0.144. The number of carbonyl (C=O) groups is 2. The summed E-state index contributed by atoms with van der Waals surface area (Å²) < 4.78 is 0. The maximum Gasteiger partial charge on any atom is 0.329 e. The molecule has 0 saturated carbocycles. The average Bonchev–Trinajstić information content (AvgIpc) is 2.35. The predicted octanol–water partition coefficient (Wildman–Crippen LogP) is 1.82. The van der Waals surface area contributed by atoms with E-state index in [0.29, 0.717) is 25.9 Å². The zero-order chi connectivity index (χ0) is 15.1. The lowest BCUT2D eigenvalue weighted by Crippen LogP contribution is -2.56. The Morgan fingerprint density at radius 2 is 2.05 bits per heavy atom. The highest BCUT2D eigenvalue weighted by Gasteiger charge is 2.35. The number of hydrogen-bond donors (Lipinski definition) is 2. The van der Waals surface area contributed by atoms with Crippen molar-refractivity contribution in [2.45, 2.75) is 46.1 Å². The molecule has 0 aromatic rings. The second-order valence-corrected chi connectivity index (χ2v) is 4.89. The molecule has 0 saturated heterocycles. The van der Waals surface area contributed by atoms with Crippen molar-refractivity contribution in [3.05, 3.63) is 0 Å². The molecule has 0 aliphatic carbocycles. The van der Waals surface area contributed by atoms with Crippen molar-refractivity contribution in [2.24, 2.45) is 5.92 Å². The molecule has 2 atom stereocenters. The summed E-state index contributed by atoms with van der Waals surface area (Å²) in [6.45, 7) is 7.60. The molecule has 0 bridgehead atoms. The van der Waals surface area contributed by atoms with Crippen molar-refractivity contribution in [3.63, 3.8) is 0 Å². The Morgan fingerprint density at radius 3 is 2.42 bits per heavy atom. The molecule has 0 aromatic heterocycles. The summed E-state index contributed by atoms with van der Waals surface area (Å²) in [5.41, 5.74) is -1.27. The third-order valence-corrected chi connectivity index (χ3v) is 2.99. The maximum absolute atomic E-state index is 12.1. The van der Waals surface area contributed by atoms with Gasteiger partial charge in [-0.05, 0) is 27.2 Å². The number of amides is 2. The molecule has 2 unspecified atom stereocenters. The average molecular weight is 269 g/mol. The van der Waals surface area contributed by atoms with Crippen LogP contribution in [-0.4, -0.2) is 40.6 Å². The lowest BCUT2D eigenvalue weighted by Gasteiger charge is -2.30. The molecule has 0 heterocycles. The fourth-order valence-electron chi connectivity index (χ4n) is 1.76. The summed E-state index contributed by atoms with van der Waals surface area (Å²) >= 11 is 0. The number of carboxylic acid groups (broad SMARTS) is 1. The van der Waals surface area contributed by atoms with E-state index in [1.807, 2.05) is 6.92 Å². The molecular formula is C13H23N3O3. The van der Waals surface area contributed by atoms with Crippen LogP contribution in [-0.2, 0) is 4.79 Å². The molecule has 2 N–H and O–H groups in total. The van der Waals surface area contributed by atoms with Gasteiger partial charge in [-0.15, -0.1) is 0 Å². The van der Waals surface area contributed by atoms with E-state index in [2.05, 4.69) is 11.4 Å². The van der Waals surface area contributed by atoms with Gasteiger partial charge in [-0.25, -0.2) is 9.59 Å². The topological polar surface area (TPSA) is 93.4 Å². The summed E-state index contributed by atoms with van der Waals surface area (Å²) in [5.74, 6) is -1.33. The summed E-state index contributed by atoms with van der Waals surface area (Å²) in [5, 5.41) is 20.5. The summed E-state index contributed by atoms with van der Waals surface area (Å²) in [4.78, 5) is 24.8. The van der Waals surface area contributed by atoms with Crippen LogP contribution < -0.4 is 5.32 Å². The Labute approximate surface area is 114 Å². The standard InChI is InChI=1S/C13H23N3O3/c1-5-7-13(4,11(17)18)15-12(19)16(6-2)9-10(3)8-14/h10H,5-7,9H2,1-4H3,(H,15,19)(H,17,18). The highest BCUT2D eigenvalue weighted by molar-refractivity contribution is 5.85. The van der Waals surface area contributed by atoms with Gasteiger partial charge < -0.3 is 15.3 Å². The van der Waals surface area contributed by atoms with Crippen LogP contribution >= 0.6 is 0 Å². The highest BCUT2D eigenvalue weighted by atomic mass is 16.4. The number of carbonyl (C=O) groups excluding carboxylic acids is 1. The van der Waals surface area contributed by atoms with E-state index in [4.69, 9.17) is 5.26 Å². The number of nitrogens with zero attached hydrogens (tertiary/aromatic N) is 2. The van der Waals surface area contributed by atoms with E-state index in [-0.39, 0.29) is 5.92 Å². The van der Waals surface area contributed by atoms with Crippen LogP contribution in [0.25, 0.3) is 0 Å². The Balaban J connectivity index is 4.79. The summed E-state index contributed by atoms with van der Waals surface area (Å²) in [7, 11) is 0. The minimum atomic E-state index is -1.27. The molecule has 6 heteroatoms. The molecule has 2 amide bonds. The molecule has 0 spiro atoms. The van der Waals surface area contributed by atoms with E-state index < -0.39 is 17.5 Å². The van der Waals surface area contributed by atoms with E-state index in [1.54, 1.807) is 13.8 Å². The number of nitriles is 1. The van der Waals surface area contributed by atoms with Gasteiger partial charge in [-0.3, -0.25) is 0 Å². The van der Waals surface area contributed by atoms with Gasteiger partial charge in [0.25, 0.3) is 0 Å². The Kier molecular flexibility index (Phi) is 6.91. The van der Waals surface area contributed by atoms with Crippen LogP contribution in [0.2, 0.25) is 0 Å². The van der Waals surface area contributed by atoms with Gasteiger partial charge >= 0.3 is 12.0 Å². The summed E-state index contributed by atoms with van der Waals surface area (Å²) in [6, 6.07) is 1.62. The van der Waals surface area contributed by atoms with E-state index in [1.165, 1.54) is 11.8 Å². The molecule has 6 nitrogen and oxygen atoms in total. The zero-order valence-electron chi connectivity index (χ0n) is 12.1. The molecule has 0 fully saturated rings. The Morgan fingerprint density at radius 1 is 1.47 bits per heavy atom. The van der Waals surface area contributed by atoms with Crippen LogP contribution in [0.3, 0.4) is 0 Å². The third kappa shape index (κ3) is 5.16. The van der Waals surface area contributed by atoms with E-state index in [0.717, 1.165) is 0 Å². The number of carboxylic acids is 1. The number of nitrogens with one attached hydrogen (secondary N) is 1. The largest absolute Gasteiger partial charge is 0.480 e. The van der Waals surface area contributed by atoms with E-state index >= 15 is 0 Å². The second-order valence-electron chi connectivity index (χ2n) is 4.89. The zero-order valence-corrected chi connectivity index (χ0v) is 12.1. The maximum atomic E-state index is 12.1. The minimum Gasteiger partial charge on any atom is -0.480 e. The Hall–Kier alpha value is -1.77. The van der Waals surface area contributed by atoms with Crippen molar-refractivity contribution in [2.75, 3.05) is 13.1 Å². The van der Waals surface area contributed by atoms with Crippen molar-refractivity contribution < 1.29 is 14.7 Å². The van der Waals surface area contributed by atoms with Crippen LogP contribution in [0.5, 0.6) is 0 Å². The van der Waals surface area contributed by atoms with Gasteiger partial charge in [0.05, 0.1) is 12.0 Å².